The summed E-state index contributed by atoms with van der Waals surface area (Å²) >= 11 is 0. The molecule has 1 rings (SSSR count). The van der Waals surface area contributed by atoms with Gasteiger partial charge in [-0.1, -0.05) is 30.3 Å². The molecule has 0 aliphatic carbocycles. The Labute approximate surface area is 106 Å². The summed E-state index contributed by atoms with van der Waals surface area (Å²) < 4.78 is 4.99. The van der Waals surface area contributed by atoms with Gasteiger partial charge in [0.1, 0.15) is 6.61 Å². The van der Waals surface area contributed by atoms with Crippen LogP contribution in [0, 0.1) is 5.92 Å². The van der Waals surface area contributed by atoms with Crippen LogP contribution >= 0.6 is 0 Å². The number of carbonyl (C=O) groups is 2. The Balaban J connectivity index is 2.36. The van der Waals surface area contributed by atoms with Gasteiger partial charge >= 0.3 is 12.1 Å². The fourth-order valence-corrected chi connectivity index (χ4v) is 1.29. The van der Waals surface area contributed by atoms with Crippen molar-refractivity contribution in [1.29, 1.82) is 0 Å². The van der Waals surface area contributed by atoms with Gasteiger partial charge in [-0.05, 0) is 19.4 Å². The SMILES string of the molecule is CC(NC(=O)OCc1ccccc1)C(C)C(=O)O. The lowest BCUT2D eigenvalue weighted by Crippen LogP contribution is -2.40. The first kappa shape index (κ1) is 14.0. The monoisotopic (exact) mass is 251 g/mol. The summed E-state index contributed by atoms with van der Waals surface area (Å²) in [6.07, 6.45) is -0.612. The molecular formula is C13H17NO4. The van der Waals surface area contributed by atoms with Crippen molar-refractivity contribution in [3.05, 3.63) is 35.9 Å². The van der Waals surface area contributed by atoms with Crippen LogP contribution in [0.5, 0.6) is 0 Å². The minimum absolute atomic E-state index is 0.168. The van der Waals surface area contributed by atoms with Gasteiger partial charge in [0, 0.05) is 6.04 Å². The summed E-state index contributed by atoms with van der Waals surface area (Å²) in [5, 5.41) is 11.3. The smallest absolute Gasteiger partial charge is 0.407 e. The largest absolute Gasteiger partial charge is 0.481 e. The van der Waals surface area contributed by atoms with Crippen molar-refractivity contribution < 1.29 is 19.4 Å². The number of alkyl carbamates (subject to hydrolysis) is 1. The first-order valence-electron chi connectivity index (χ1n) is 5.70. The summed E-state index contributed by atoms with van der Waals surface area (Å²) in [7, 11) is 0. The molecule has 0 heterocycles. The Morgan fingerprint density at radius 2 is 1.89 bits per heavy atom. The van der Waals surface area contributed by atoms with E-state index in [0.29, 0.717) is 0 Å². The molecule has 0 bridgehead atoms. The quantitative estimate of drug-likeness (QED) is 0.839. The summed E-state index contributed by atoms with van der Waals surface area (Å²) in [6, 6.07) is 8.79. The molecule has 1 amide bonds. The highest BCUT2D eigenvalue weighted by Gasteiger charge is 2.21. The molecule has 0 fully saturated rings. The number of hydrogen-bond donors (Lipinski definition) is 2. The highest BCUT2D eigenvalue weighted by Crippen LogP contribution is 2.04. The van der Waals surface area contributed by atoms with E-state index >= 15 is 0 Å². The van der Waals surface area contributed by atoms with Crippen LogP contribution in [-0.2, 0) is 16.1 Å². The predicted molar refractivity (Wildman–Crippen MR) is 66.0 cm³/mol. The molecule has 5 heteroatoms. The van der Waals surface area contributed by atoms with Crippen LogP contribution in [0.15, 0.2) is 30.3 Å². The zero-order chi connectivity index (χ0) is 13.5. The van der Waals surface area contributed by atoms with E-state index < -0.39 is 24.0 Å². The number of aliphatic carboxylic acids is 1. The molecule has 2 atom stereocenters. The molecule has 0 saturated carbocycles. The molecular weight excluding hydrogens is 234 g/mol. The second-order valence-electron chi connectivity index (χ2n) is 4.12. The summed E-state index contributed by atoms with van der Waals surface area (Å²) in [5.74, 6) is -1.61. The third kappa shape index (κ3) is 4.45. The van der Waals surface area contributed by atoms with E-state index in [4.69, 9.17) is 9.84 Å². The maximum Gasteiger partial charge on any atom is 0.407 e. The Hall–Kier alpha value is -2.04. The van der Waals surface area contributed by atoms with Crippen molar-refractivity contribution in [1.82, 2.24) is 5.32 Å². The maximum atomic E-state index is 11.4. The standard InChI is InChI=1S/C13H17NO4/c1-9(12(15)16)10(2)14-13(17)18-8-11-6-4-3-5-7-11/h3-7,9-10H,8H2,1-2H3,(H,14,17)(H,15,16). The summed E-state index contributed by atoms with van der Waals surface area (Å²) in [6.45, 7) is 3.33. The van der Waals surface area contributed by atoms with Crippen molar-refractivity contribution in [2.45, 2.75) is 26.5 Å². The highest BCUT2D eigenvalue weighted by atomic mass is 16.5. The fourth-order valence-electron chi connectivity index (χ4n) is 1.29. The Kier molecular flexibility index (Phi) is 5.17. The molecule has 2 unspecified atom stereocenters. The van der Waals surface area contributed by atoms with Gasteiger partial charge in [-0.3, -0.25) is 4.79 Å². The number of hydrogen-bond acceptors (Lipinski definition) is 3. The number of amides is 1. The third-order valence-corrected chi connectivity index (χ3v) is 2.70. The fraction of sp³-hybridized carbons (Fsp3) is 0.385. The lowest BCUT2D eigenvalue weighted by atomic mass is 10.1. The molecule has 0 aromatic heterocycles. The van der Waals surface area contributed by atoms with Crippen molar-refractivity contribution >= 4 is 12.1 Å². The van der Waals surface area contributed by atoms with Crippen molar-refractivity contribution in [2.24, 2.45) is 5.92 Å². The Bertz CT molecular complexity index is 405. The van der Waals surface area contributed by atoms with Gasteiger partial charge in [-0.2, -0.15) is 0 Å². The molecule has 0 aliphatic rings. The Morgan fingerprint density at radius 3 is 2.44 bits per heavy atom. The van der Waals surface area contributed by atoms with Gasteiger partial charge in [-0.15, -0.1) is 0 Å². The normalized spacial score (nSPS) is 13.4. The zero-order valence-electron chi connectivity index (χ0n) is 10.4. The molecule has 5 nitrogen and oxygen atoms in total. The average Bonchev–Trinajstić information content (AvgIpc) is 2.36. The number of carboxylic acids is 1. The van der Waals surface area contributed by atoms with Crippen molar-refractivity contribution in [3.8, 4) is 0 Å². The summed E-state index contributed by atoms with van der Waals surface area (Å²) in [5.41, 5.74) is 0.881. The van der Waals surface area contributed by atoms with Crippen molar-refractivity contribution in [3.63, 3.8) is 0 Å². The van der Waals surface area contributed by atoms with E-state index in [9.17, 15) is 9.59 Å². The van der Waals surface area contributed by atoms with Crippen LogP contribution in [0.2, 0.25) is 0 Å². The van der Waals surface area contributed by atoms with Gasteiger partial charge in [0.2, 0.25) is 0 Å². The third-order valence-electron chi connectivity index (χ3n) is 2.70. The van der Waals surface area contributed by atoms with Crippen LogP contribution in [0.4, 0.5) is 4.79 Å². The van der Waals surface area contributed by atoms with Gasteiger partial charge in [0.05, 0.1) is 5.92 Å². The van der Waals surface area contributed by atoms with E-state index in [0.717, 1.165) is 5.56 Å². The maximum absolute atomic E-state index is 11.4. The molecule has 0 aliphatic heterocycles. The van der Waals surface area contributed by atoms with Crippen LogP contribution < -0.4 is 5.32 Å². The lowest BCUT2D eigenvalue weighted by Gasteiger charge is -2.17. The number of benzene rings is 1. The van der Waals surface area contributed by atoms with Crippen LogP contribution in [0.25, 0.3) is 0 Å². The minimum Gasteiger partial charge on any atom is -0.481 e. The first-order valence-corrected chi connectivity index (χ1v) is 5.70. The van der Waals surface area contributed by atoms with E-state index in [2.05, 4.69) is 5.32 Å². The molecule has 0 spiro atoms. The Morgan fingerprint density at radius 1 is 1.28 bits per heavy atom. The molecule has 0 radical (unpaired) electrons. The number of carbonyl (C=O) groups excluding carboxylic acids is 1. The van der Waals surface area contributed by atoms with Crippen LogP contribution in [0.3, 0.4) is 0 Å². The summed E-state index contributed by atoms with van der Waals surface area (Å²) in [4.78, 5) is 22.1. The zero-order valence-corrected chi connectivity index (χ0v) is 10.4. The number of ether oxygens (including phenoxy) is 1. The molecule has 98 valence electrons. The van der Waals surface area contributed by atoms with Gasteiger partial charge in [-0.25, -0.2) is 4.79 Å². The molecule has 2 N–H and O–H groups in total. The van der Waals surface area contributed by atoms with Crippen LogP contribution in [-0.4, -0.2) is 23.2 Å². The first-order chi connectivity index (χ1) is 8.50. The second kappa shape index (κ2) is 6.64. The van der Waals surface area contributed by atoms with Gasteiger partial charge in [0.25, 0.3) is 0 Å². The van der Waals surface area contributed by atoms with Crippen LogP contribution in [0.1, 0.15) is 19.4 Å². The van der Waals surface area contributed by atoms with Gasteiger partial charge < -0.3 is 15.2 Å². The minimum atomic E-state index is -0.953. The predicted octanol–water partition coefficient (Wildman–Crippen LogP) is 2.02. The number of nitrogens with one attached hydrogen (secondary N) is 1. The lowest BCUT2D eigenvalue weighted by molar-refractivity contribution is -0.141. The van der Waals surface area contributed by atoms with E-state index in [1.807, 2.05) is 30.3 Å². The van der Waals surface area contributed by atoms with Crippen molar-refractivity contribution in [2.75, 3.05) is 0 Å². The molecule has 18 heavy (non-hydrogen) atoms. The number of rotatable bonds is 5. The number of carboxylic acid groups (broad SMARTS) is 1. The van der Waals surface area contributed by atoms with E-state index in [-0.39, 0.29) is 6.61 Å². The molecule has 1 aromatic carbocycles. The second-order valence-corrected chi connectivity index (χ2v) is 4.12. The van der Waals surface area contributed by atoms with E-state index in [1.54, 1.807) is 6.92 Å². The average molecular weight is 251 g/mol. The molecule has 1 aromatic rings. The topological polar surface area (TPSA) is 75.6 Å². The van der Waals surface area contributed by atoms with E-state index in [1.165, 1.54) is 6.92 Å². The molecule has 0 saturated heterocycles. The highest BCUT2D eigenvalue weighted by molar-refractivity contribution is 5.73. The van der Waals surface area contributed by atoms with Gasteiger partial charge in [0.15, 0.2) is 0 Å².